The molecule has 0 heterocycles. The van der Waals surface area contributed by atoms with Gasteiger partial charge in [-0.25, -0.2) is 4.79 Å². The molecule has 1 atom stereocenters. The number of ketones is 1. The van der Waals surface area contributed by atoms with Gasteiger partial charge in [0, 0.05) is 32.1 Å². The minimum absolute atomic E-state index is 0.0366. The highest BCUT2D eigenvalue weighted by atomic mass is 16.6. The average Bonchev–Trinajstić information content (AvgIpc) is 2.22. The quantitative estimate of drug-likeness (QED) is 0.774. The monoisotopic (exact) mass is 273 g/mol. The molecule has 0 rings (SSSR count). The summed E-state index contributed by atoms with van der Waals surface area (Å²) in [4.78, 5) is 23.4. The van der Waals surface area contributed by atoms with E-state index in [1.165, 1.54) is 0 Å². The van der Waals surface area contributed by atoms with Crippen LogP contribution >= 0.6 is 0 Å². The molecule has 0 saturated heterocycles. The number of hydrogen-bond donors (Lipinski definition) is 1. The second-order valence-corrected chi connectivity index (χ2v) is 5.95. The second-order valence-electron chi connectivity index (χ2n) is 5.95. The highest BCUT2D eigenvalue weighted by Crippen LogP contribution is 2.10. The van der Waals surface area contributed by atoms with Gasteiger partial charge in [0.15, 0.2) is 0 Å². The number of rotatable bonds is 7. The third kappa shape index (κ3) is 9.47. The maximum absolute atomic E-state index is 11.8. The topological polar surface area (TPSA) is 64.6 Å². The van der Waals surface area contributed by atoms with E-state index in [9.17, 15) is 9.59 Å². The van der Waals surface area contributed by atoms with Crippen LogP contribution in [0.3, 0.4) is 0 Å². The van der Waals surface area contributed by atoms with Crippen molar-refractivity contribution in [3.8, 4) is 0 Å². The Morgan fingerprint density at radius 3 is 2.21 bits per heavy atom. The van der Waals surface area contributed by atoms with Gasteiger partial charge < -0.3 is 14.8 Å². The number of ether oxygens (including phenoxy) is 2. The minimum atomic E-state index is -0.544. The molecule has 0 aromatic rings. The predicted molar refractivity (Wildman–Crippen MR) is 74.1 cm³/mol. The Hall–Kier alpha value is -1.10. The van der Waals surface area contributed by atoms with E-state index in [0.717, 1.165) is 0 Å². The number of carbonyl (C=O) groups excluding carboxylic acids is 2. The fraction of sp³-hybridized carbons (Fsp3) is 0.857. The molecule has 1 amide bonds. The summed E-state index contributed by atoms with van der Waals surface area (Å²) in [6, 6.07) is -0.246. The summed E-state index contributed by atoms with van der Waals surface area (Å²) in [5.41, 5.74) is -0.544. The molecule has 5 nitrogen and oxygen atoms in total. The predicted octanol–water partition coefficient (Wildman–Crippen LogP) is 2.53. The van der Waals surface area contributed by atoms with Crippen molar-refractivity contribution in [2.75, 3.05) is 13.7 Å². The van der Waals surface area contributed by atoms with Gasteiger partial charge in [0.25, 0.3) is 0 Å². The van der Waals surface area contributed by atoms with Crippen LogP contribution < -0.4 is 5.32 Å². The standard InChI is InChI=1S/C14H27NO4/c1-10(2)12(16)9-11(7-8-18-6)15-13(17)19-14(3,4)5/h10-11H,7-9H2,1-6H3,(H,15,17). The smallest absolute Gasteiger partial charge is 0.407 e. The number of methoxy groups -OCH3 is 1. The van der Waals surface area contributed by atoms with E-state index < -0.39 is 11.7 Å². The Balaban J connectivity index is 4.42. The van der Waals surface area contributed by atoms with E-state index in [1.54, 1.807) is 27.9 Å². The normalized spacial score (nSPS) is 13.2. The summed E-state index contributed by atoms with van der Waals surface area (Å²) in [6.45, 7) is 9.60. The molecule has 1 N–H and O–H groups in total. The summed E-state index contributed by atoms with van der Waals surface area (Å²) < 4.78 is 10.2. The third-order valence-electron chi connectivity index (χ3n) is 2.48. The SMILES string of the molecule is COCCC(CC(=O)C(C)C)NC(=O)OC(C)(C)C. The van der Waals surface area contributed by atoms with Gasteiger partial charge in [-0.05, 0) is 27.2 Å². The summed E-state index contributed by atoms with van der Waals surface area (Å²) >= 11 is 0. The molecule has 112 valence electrons. The molecule has 0 radical (unpaired) electrons. The van der Waals surface area contributed by atoms with E-state index in [0.29, 0.717) is 19.4 Å². The fourth-order valence-corrected chi connectivity index (χ4v) is 1.44. The lowest BCUT2D eigenvalue weighted by atomic mass is 10.00. The lowest BCUT2D eigenvalue weighted by Gasteiger charge is -2.23. The number of carbonyl (C=O) groups is 2. The van der Waals surface area contributed by atoms with Gasteiger partial charge in [-0.15, -0.1) is 0 Å². The van der Waals surface area contributed by atoms with E-state index in [1.807, 2.05) is 13.8 Å². The van der Waals surface area contributed by atoms with Crippen molar-refractivity contribution >= 4 is 11.9 Å². The number of Topliss-reactive ketones (excluding diaryl/α,β-unsaturated/α-hetero) is 1. The second kappa shape index (κ2) is 8.15. The zero-order valence-electron chi connectivity index (χ0n) is 12.9. The Morgan fingerprint density at radius 2 is 1.79 bits per heavy atom. The minimum Gasteiger partial charge on any atom is -0.444 e. The Kier molecular flexibility index (Phi) is 7.68. The van der Waals surface area contributed by atoms with Crippen LogP contribution in [0.4, 0.5) is 4.79 Å². The van der Waals surface area contributed by atoms with Crippen LogP contribution in [0.1, 0.15) is 47.5 Å². The van der Waals surface area contributed by atoms with Crippen molar-refractivity contribution in [3.63, 3.8) is 0 Å². The third-order valence-corrected chi connectivity index (χ3v) is 2.48. The van der Waals surface area contributed by atoms with Crippen LogP contribution in [0, 0.1) is 5.92 Å². The van der Waals surface area contributed by atoms with E-state index in [2.05, 4.69) is 5.32 Å². The van der Waals surface area contributed by atoms with Crippen LogP contribution in [0.25, 0.3) is 0 Å². The Bertz CT molecular complexity index is 294. The highest BCUT2D eigenvalue weighted by Gasteiger charge is 2.22. The van der Waals surface area contributed by atoms with Gasteiger partial charge in [0.05, 0.1) is 0 Å². The fourth-order valence-electron chi connectivity index (χ4n) is 1.44. The van der Waals surface area contributed by atoms with E-state index in [-0.39, 0.29) is 17.7 Å². The van der Waals surface area contributed by atoms with Gasteiger partial charge in [0.1, 0.15) is 11.4 Å². The summed E-state index contributed by atoms with van der Waals surface area (Å²) in [5.74, 6) is 0.0858. The Morgan fingerprint density at radius 1 is 1.21 bits per heavy atom. The number of amides is 1. The van der Waals surface area contributed by atoms with Crippen molar-refractivity contribution in [2.24, 2.45) is 5.92 Å². The zero-order chi connectivity index (χ0) is 15.1. The van der Waals surface area contributed by atoms with Crippen LogP contribution in [-0.2, 0) is 14.3 Å². The zero-order valence-corrected chi connectivity index (χ0v) is 12.9. The molecule has 5 heteroatoms. The van der Waals surface area contributed by atoms with Gasteiger partial charge in [-0.3, -0.25) is 4.79 Å². The molecular formula is C14H27NO4. The molecule has 0 saturated carbocycles. The highest BCUT2D eigenvalue weighted by molar-refractivity contribution is 5.81. The first-order chi connectivity index (χ1) is 8.65. The van der Waals surface area contributed by atoms with Crippen molar-refractivity contribution in [1.82, 2.24) is 5.32 Å². The number of hydrogen-bond acceptors (Lipinski definition) is 4. The molecule has 0 spiro atoms. The van der Waals surface area contributed by atoms with Crippen LogP contribution in [0.2, 0.25) is 0 Å². The molecule has 0 aliphatic rings. The first-order valence-corrected chi connectivity index (χ1v) is 6.67. The first kappa shape index (κ1) is 17.9. The van der Waals surface area contributed by atoms with Gasteiger partial charge in [0.2, 0.25) is 0 Å². The summed E-state index contributed by atoms with van der Waals surface area (Å²) in [6.07, 6.45) is 0.402. The molecule has 1 unspecified atom stereocenters. The Labute approximate surface area is 116 Å². The van der Waals surface area contributed by atoms with Crippen molar-refractivity contribution in [2.45, 2.75) is 59.1 Å². The molecule has 0 aliphatic heterocycles. The van der Waals surface area contributed by atoms with Gasteiger partial charge >= 0.3 is 6.09 Å². The van der Waals surface area contributed by atoms with Crippen LogP contribution in [0.15, 0.2) is 0 Å². The lowest BCUT2D eigenvalue weighted by Crippen LogP contribution is -2.41. The average molecular weight is 273 g/mol. The van der Waals surface area contributed by atoms with Gasteiger partial charge in [-0.2, -0.15) is 0 Å². The van der Waals surface area contributed by atoms with E-state index in [4.69, 9.17) is 9.47 Å². The molecular weight excluding hydrogens is 246 g/mol. The number of nitrogens with one attached hydrogen (secondary N) is 1. The van der Waals surface area contributed by atoms with Crippen molar-refractivity contribution in [1.29, 1.82) is 0 Å². The van der Waals surface area contributed by atoms with E-state index >= 15 is 0 Å². The molecule has 0 aliphatic carbocycles. The van der Waals surface area contributed by atoms with Gasteiger partial charge in [-0.1, -0.05) is 13.8 Å². The van der Waals surface area contributed by atoms with Crippen molar-refractivity contribution in [3.05, 3.63) is 0 Å². The molecule has 0 fully saturated rings. The maximum atomic E-state index is 11.8. The number of alkyl carbamates (subject to hydrolysis) is 1. The molecule has 0 aromatic heterocycles. The lowest BCUT2D eigenvalue weighted by molar-refractivity contribution is -0.122. The molecule has 0 aromatic carbocycles. The molecule has 19 heavy (non-hydrogen) atoms. The summed E-state index contributed by atoms with van der Waals surface area (Å²) in [7, 11) is 1.59. The largest absolute Gasteiger partial charge is 0.444 e. The first-order valence-electron chi connectivity index (χ1n) is 6.67. The maximum Gasteiger partial charge on any atom is 0.407 e. The summed E-state index contributed by atoms with van der Waals surface area (Å²) in [5, 5.41) is 2.73. The van der Waals surface area contributed by atoms with Crippen LogP contribution in [-0.4, -0.2) is 37.2 Å². The molecule has 0 bridgehead atoms. The van der Waals surface area contributed by atoms with Crippen molar-refractivity contribution < 1.29 is 19.1 Å². The van der Waals surface area contributed by atoms with Crippen LogP contribution in [0.5, 0.6) is 0 Å².